The first-order valence-electron chi connectivity index (χ1n) is 12.6. The summed E-state index contributed by atoms with van der Waals surface area (Å²) in [4.78, 5) is 53.8. The number of carboxylic acid groups (broad SMARTS) is 1. The summed E-state index contributed by atoms with van der Waals surface area (Å²) < 4.78 is 0. The van der Waals surface area contributed by atoms with Gasteiger partial charge in [0.25, 0.3) is 0 Å². The molecule has 0 radical (unpaired) electrons. The summed E-state index contributed by atoms with van der Waals surface area (Å²) in [7, 11) is 0. The molecule has 6 atom stereocenters. The Morgan fingerprint density at radius 1 is 0.919 bits per heavy atom. The molecular formula is C26H39N5O6. The van der Waals surface area contributed by atoms with Crippen molar-refractivity contribution < 1.29 is 29.4 Å². The second kappa shape index (κ2) is 13.8. The molecule has 0 saturated heterocycles. The third kappa shape index (κ3) is 7.77. The lowest BCUT2D eigenvalue weighted by molar-refractivity contribution is -0.143. The van der Waals surface area contributed by atoms with Crippen LogP contribution in [0.1, 0.15) is 46.1 Å². The lowest BCUT2D eigenvalue weighted by atomic mass is 9.96. The molecule has 1 heterocycles. The van der Waals surface area contributed by atoms with E-state index in [1.807, 2.05) is 45.0 Å². The van der Waals surface area contributed by atoms with Crippen LogP contribution in [0.2, 0.25) is 0 Å². The molecule has 2 rings (SSSR count). The highest BCUT2D eigenvalue weighted by Crippen LogP contribution is 2.20. The third-order valence-electron chi connectivity index (χ3n) is 6.88. The van der Waals surface area contributed by atoms with Gasteiger partial charge in [0.2, 0.25) is 17.7 Å². The van der Waals surface area contributed by atoms with Gasteiger partial charge in [-0.1, -0.05) is 58.7 Å². The molecule has 3 amide bonds. The molecule has 0 aliphatic rings. The van der Waals surface area contributed by atoms with Crippen molar-refractivity contribution in [2.45, 2.75) is 71.1 Å². The number of aromatic nitrogens is 1. The Hall–Kier alpha value is -3.44. The third-order valence-corrected chi connectivity index (χ3v) is 6.88. The van der Waals surface area contributed by atoms with Gasteiger partial charge in [0.15, 0.2) is 0 Å². The number of nitrogens with one attached hydrogen (secondary N) is 4. The summed E-state index contributed by atoms with van der Waals surface area (Å²) in [6, 6.07) is 3.09. The van der Waals surface area contributed by atoms with Gasteiger partial charge < -0.3 is 36.9 Å². The lowest BCUT2D eigenvalue weighted by Crippen LogP contribution is -2.59. The maximum absolute atomic E-state index is 13.5. The molecule has 0 spiro atoms. The first kappa shape index (κ1) is 29.8. The largest absolute Gasteiger partial charge is 0.480 e. The number of hydrogen-bond donors (Lipinski definition) is 7. The van der Waals surface area contributed by atoms with Crippen molar-refractivity contribution in [2.24, 2.45) is 17.6 Å². The van der Waals surface area contributed by atoms with E-state index in [0.717, 1.165) is 16.5 Å². The normalized spacial score (nSPS) is 16.2. The molecule has 8 N–H and O–H groups in total. The van der Waals surface area contributed by atoms with Crippen LogP contribution in [-0.2, 0) is 25.6 Å². The lowest BCUT2D eigenvalue weighted by Gasteiger charge is -2.28. The van der Waals surface area contributed by atoms with E-state index in [-0.39, 0.29) is 18.3 Å². The molecule has 1 aromatic heterocycles. The van der Waals surface area contributed by atoms with Crippen LogP contribution in [0, 0.1) is 11.8 Å². The van der Waals surface area contributed by atoms with E-state index < -0.39 is 54.5 Å². The van der Waals surface area contributed by atoms with Crippen LogP contribution in [-0.4, -0.2) is 69.7 Å². The molecule has 11 nitrogen and oxygen atoms in total. The number of rotatable bonds is 14. The number of aliphatic hydroxyl groups is 1. The van der Waals surface area contributed by atoms with E-state index in [0.29, 0.717) is 12.8 Å². The molecular weight excluding hydrogens is 478 g/mol. The number of benzene rings is 1. The second-order valence-electron chi connectivity index (χ2n) is 9.49. The molecule has 6 unspecified atom stereocenters. The number of aliphatic carboxylic acids is 1. The van der Waals surface area contributed by atoms with Crippen molar-refractivity contribution in [3.63, 3.8) is 0 Å². The Balaban J connectivity index is 2.33. The van der Waals surface area contributed by atoms with Crippen LogP contribution in [0.5, 0.6) is 0 Å². The molecule has 0 fully saturated rings. The fourth-order valence-corrected chi connectivity index (χ4v) is 3.91. The number of H-pyrrole nitrogens is 1. The van der Waals surface area contributed by atoms with E-state index in [4.69, 9.17) is 5.73 Å². The van der Waals surface area contributed by atoms with Crippen molar-refractivity contribution >= 4 is 34.6 Å². The minimum Gasteiger partial charge on any atom is -0.480 e. The Morgan fingerprint density at radius 2 is 1.54 bits per heavy atom. The number of carboxylic acids is 1. The van der Waals surface area contributed by atoms with E-state index in [9.17, 15) is 29.4 Å². The van der Waals surface area contributed by atoms with Crippen LogP contribution in [0.4, 0.5) is 0 Å². The van der Waals surface area contributed by atoms with Gasteiger partial charge in [0.05, 0.1) is 12.6 Å². The Bertz CT molecular complexity index is 1090. The van der Waals surface area contributed by atoms with Crippen molar-refractivity contribution in [1.82, 2.24) is 20.9 Å². The summed E-state index contributed by atoms with van der Waals surface area (Å²) in [6.45, 7) is 6.54. The number of amides is 3. The van der Waals surface area contributed by atoms with Gasteiger partial charge in [0, 0.05) is 23.5 Å². The van der Waals surface area contributed by atoms with Crippen molar-refractivity contribution in [2.75, 3.05) is 6.61 Å². The minimum absolute atomic E-state index is 0.109. The minimum atomic E-state index is -1.51. The molecule has 1 aromatic carbocycles. The van der Waals surface area contributed by atoms with Gasteiger partial charge in [-0.15, -0.1) is 0 Å². The first-order chi connectivity index (χ1) is 17.5. The van der Waals surface area contributed by atoms with Gasteiger partial charge in [-0.3, -0.25) is 14.4 Å². The zero-order valence-electron chi connectivity index (χ0n) is 21.8. The van der Waals surface area contributed by atoms with Crippen LogP contribution in [0.25, 0.3) is 10.9 Å². The average molecular weight is 518 g/mol. The highest BCUT2D eigenvalue weighted by atomic mass is 16.4. The number of para-hydroxylation sites is 1. The highest BCUT2D eigenvalue weighted by Gasteiger charge is 2.33. The number of hydrogen-bond acceptors (Lipinski definition) is 6. The van der Waals surface area contributed by atoms with Crippen LogP contribution >= 0.6 is 0 Å². The Labute approximate surface area is 216 Å². The molecule has 0 bridgehead atoms. The van der Waals surface area contributed by atoms with E-state index in [1.165, 1.54) is 0 Å². The van der Waals surface area contributed by atoms with E-state index >= 15 is 0 Å². The molecule has 11 heteroatoms. The van der Waals surface area contributed by atoms with Gasteiger partial charge in [-0.25, -0.2) is 4.79 Å². The van der Waals surface area contributed by atoms with Crippen molar-refractivity contribution in [1.29, 1.82) is 0 Å². The number of aromatic amines is 1. The summed E-state index contributed by atoms with van der Waals surface area (Å²) in [5.41, 5.74) is 7.78. The van der Waals surface area contributed by atoms with E-state index in [1.54, 1.807) is 13.1 Å². The first-order valence-corrected chi connectivity index (χ1v) is 12.6. The zero-order chi connectivity index (χ0) is 27.7. The smallest absolute Gasteiger partial charge is 0.328 e. The summed E-state index contributed by atoms with van der Waals surface area (Å²) in [6.07, 6.45) is 3.09. The Kier molecular flexibility index (Phi) is 11.1. The number of carbonyl (C=O) groups is 4. The van der Waals surface area contributed by atoms with Crippen LogP contribution < -0.4 is 21.7 Å². The monoisotopic (exact) mass is 517 g/mol. The molecule has 204 valence electrons. The molecule has 37 heavy (non-hydrogen) atoms. The van der Waals surface area contributed by atoms with Crippen LogP contribution in [0.15, 0.2) is 30.5 Å². The summed E-state index contributed by atoms with van der Waals surface area (Å²) in [5.74, 6) is -3.69. The highest BCUT2D eigenvalue weighted by molar-refractivity contribution is 5.95. The second-order valence-corrected chi connectivity index (χ2v) is 9.49. The predicted molar refractivity (Wildman–Crippen MR) is 139 cm³/mol. The van der Waals surface area contributed by atoms with Gasteiger partial charge in [-0.2, -0.15) is 0 Å². The number of aliphatic hydroxyl groups excluding tert-OH is 1. The maximum Gasteiger partial charge on any atom is 0.328 e. The standard InChI is InChI=1S/C26H39N5O6/c1-5-14(3)21(27)24(34)29-19(11-16-12-28-18-10-8-7-9-17(16)18)23(33)31-22(15(4)6-2)25(35)30-20(13-32)26(36)37/h7-10,12,14-15,19-22,28,32H,5-6,11,13,27H2,1-4H3,(H,29,34)(H,30,35)(H,31,33)(H,36,37). The molecule has 0 saturated carbocycles. The van der Waals surface area contributed by atoms with Crippen molar-refractivity contribution in [3.8, 4) is 0 Å². The quantitative estimate of drug-likeness (QED) is 0.192. The van der Waals surface area contributed by atoms with Gasteiger partial charge >= 0.3 is 5.97 Å². The fraction of sp³-hybridized carbons (Fsp3) is 0.538. The van der Waals surface area contributed by atoms with Gasteiger partial charge in [0.1, 0.15) is 18.1 Å². The topological polar surface area (TPSA) is 187 Å². The Morgan fingerprint density at radius 3 is 2.14 bits per heavy atom. The number of nitrogens with two attached hydrogens (primary N) is 1. The molecule has 0 aliphatic heterocycles. The van der Waals surface area contributed by atoms with Gasteiger partial charge in [-0.05, 0) is 23.5 Å². The molecule has 0 aliphatic carbocycles. The van der Waals surface area contributed by atoms with E-state index in [2.05, 4.69) is 20.9 Å². The number of fused-ring (bicyclic) bond motifs is 1. The van der Waals surface area contributed by atoms with Crippen molar-refractivity contribution in [3.05, 3.63) is 36.0 Å². The average Bonchev–Trinajstić information content (AvgIpc) is 3.30. The summed E-state index contributed by atoms with van der Waals surface area (Å²) in [5, 5.41) is 27.1. The number of carbonyl (C=O) groups excluding carboxylic acids is 3. The summed E-state index contributed by atoms with van der Waals surface area (Å²) >= 11 is 0. The van der Waals surface area contributed by atoms with Crippen LogP contribution in [0.3, 0.4) is 0 Å². The predicted octanol–water partition coefficient (Wildman–Crippen LogP) is 0.661. The fourth-order valence-electron chi connectivity index (χ4n) is 3.91. The SMILES string of the molecule is CCC(C)C(N)C(=O)NC(Cc1c[nH]c2ccccc12)C(=O)NC(C(=O)NC(CO)C(=O)O)C(C)CC. The zero-order valence-corrected chi connectivity index (χ0v) is 21.8. The molecule has 2 aromatic rings. The maximum atomic E-state index is 13.5.